The molecule has 1 atom stereocenters. The molecule has 0 aliphatic carbocycles. The highest BCUT2D eigenvalue weighted by Gasteiger charge is 2.19. The molecule has 0 aromatic heterocycles. The minimum Gasteiger partial charge on any atom is -0.491 e. The second-order valence-electron chi connectivity index (χ2n) is 7.31. The van der Waals surface area contributed by atoms with Crippen molar-refractivity contribution in [2.45, 2.75) is 53.6 Å². The quantitative estimate of drug-likeness (QED) is 0.708. The molecule has 4 nitrogen and oxygen atoms in total. The van der Waals surface area contributed by atoms with Gasteiger partial charge < -0.3 is 14.4 Å². The van der Waals surface area contributed by atoms with Crippen molar-refractivity contribution >= 4 is 5.97 Å². The lowest BCUT2D eigenvalue weighted by molar-refractivity contribution is 0.0425. The van der Waals surface area contributed by atoms with E-state index in [2.05, 4.69) is 11.8 Å². The maximum Gasteiger partial charge on any atom is 0.338 e. The standard InChI is InChI=1S/C20H31NO3/c1-14(2)24-18-10-16(4)19(17(5)11-18)20(22)23-13-15(3)12-21-8-6-7-9-21/h10-11,14-15H,6-9,12-13H2,1-5H3. The fourth-order valence-corrected chi connectivity index (χ4v) is 3.33. The maximum absolute atomic E-state index is 12.5. The van der Waals surface area contributed by atoms with Crippen LogP contribution in [0.2, 0.25) is 0 Å². The molecule has 4 heteroatoms. The van der Waals surface area contributed by atoms with Gasteiger partial charge in [-0.1, -0.05) is 6.92 Å². The van der Waals surface area contributed by atoms with Crippen LogP contribution in [0.1, 0.15) is 55.1 Å². The SMILES string of the molecule is Cc1cc(OC(C)C)cc(C)c1C(=O)OCC(C)CN1CCCC1. The molecule has 0 amide bonds. The molecule has 1 aliphatic heterocycles. The fraction of sp³-hybridized carbons (Fsp3) is 0.650. The highest BCUT2D eigenvalue weighted by Crippen LogP contribution is 2.24. The molecule has 1 aliphatic rings. The summed E-state index contributed by atoms with van der Waals surface area (Å²) in [6.45, 7) is 13.8. The van der Waals surface area contributed by atoms with Crippen LogP contribution >= 0.6 is 0 Å². The van der Waals surface area contributed by atoms with Gasteiger partial charge in [-0.15, -0.1) is 0 Å². The smallest absolute Gasteiger partial charge is 0.338 e. The largest absolute Gasteiger partial charge is 0.491 e. The first-order valence-corrected chi connectivity index (χ1v) is 9.04. The zero-order valence-corrected chi connectivity index (χ0v) is 15.7. The summed E-state index contributed by atoms with van der Waals surface area (Å²) in [6.07, 6.45) is 2.69. The van der Waals surface area contributed by atoms with Crippen LogP contribution in [0.3, 0.4) is 0 Å². The molecule has 0 spiro atoms. The van der Waals surface area contributed by atoms with Crippen molar-refractivity contribution in [2.24, 2.45) is 5.92 Å². The third-order valence-electron chi connectivity index (χ3n) is 4.35. The summed E-state index contributed by atoms with van der Waals surface area (Å²) >= 11 is 0. The van der Waals surface area contributed by atoms with Crippen LogP contribution in [-0.2, 0) is 4.74 Å². The predicted octanol–water partition coefficient (Wildman–Crippen LogP) is 3.98. The average Bonchev–Trinajstić information content (AvgIpc) is 2.96. The van der Waals surface area contributed by atoms with Crippen molar-refractivity contribution in [3.63, 3.8) is 0 Å². The summed E-state index contributed by atoms with van der Waals surface area (Å²) in [5.74, 6) is 0.935. The van der Waals surface area contributed by atoms with Gasteiger partial charge in [-0.25, -0.2) is 4.79 Å². The van der Waals surface area contributed by atoms with Gasteiger partial charge in [0.2, 0.25) is 0 Å². The molecule has 24 heavy (non-hydrogen) atoms. The van der Waals surface area contributed by atoms with Gasteiger partial charge in [-0.2, -0.15) is 0 Å². The van der Waals surface area contributed by atoms with Crippen molar-refractivity contribution in [1.29, 1.82) is 0 Å². The second kappa shape index (κ2) is 8.52. The lowest BCUT2D eigenvalue weighted by Gasteiger charge is -2.20. The highest BCUT2D eigenvalue weighted by atomic mass is 16.5. The van der Waals surface area contributed by atoms with E-state index in [0.29, 0.717) is 18.1 Å². The summed E-state index contributed by atoms with van der Waals surface area (Å²) in [5.41, 5.74) is 2.48. The van der Waals surface area contributed by atoms with E-state index in [1.54, 1.807) is 0 Å². The van der Waals surface area contributed by atoms with E-state index in [0.717, 1.165) is 23.4 Å². The van der Waals surface area contributed by atoms with Gasteiger partial charge in [0.15, 0.2) is 0 Å². The summed E-state index contributed by atoms with van der Waals surface area (Å²) < 4.78 is 11.3. The van der Waals surface area contributed by atoms with E-state index in [9.17, 15) is 4.79 Å². The number of carbonyl (C=O) groups excluding carboxylic acids is 1. The molecular weight excluding hydrogens is 302 g/mol. The predicted molar refractivity (Wildman–Crippen MR) is 96.8 cm³/mol. The maximum atomic E-state index is 12.5. The first kappa shape index (κ1) is 18.8. The number of benzene rings is 1. The Morgan fingerprint density at radius 1 is 1.12 bits per heavy atom. The van der Waals surface area contributed by atoms with Gasteiger partial charge in [0.25, 0.3) is 0 Å². The first-order chi connectivity index (χ1) is 11.4. The lowest BCUT2D eigenvalue weighted by atomic mass is 10.0. The zero-order valence-electron chi connectivity index (χ0n) is 15.7. The van der Waals surface area contributed by atoms with Crippen LogP contribution in [0.15, 0.2) is 12.1 Å². The van der Waals surface area contributed by atoms with Gasteiger partial charge in [-0.05, 0) is 76.9 Å². The number of rotatable bonds is 7. The molecule has 0 saturated carbocycles. The molecule has 0 bridgehead atoms. The number of ether oxygens (including phenoxy) is 2. The number of aryl methyl sites for hydroxylation is 2. The van der Waals surface area contributed by atoms with Crippen LogP contribution in [0.25, 0.3) is 0 Å². The lowest BCUT2D eigenvalue weighted by Crippen LogP contribution is -2.28. The number of hydrogen-bond donors (Lipinski definition) is 0. The minimum absolute atomic E-state index is 0.119. The van der Waals surface area contributed by atoms with Crippen molar-refractivity contribution in [3.05, 3.63) is 28.8 Å². The number of likely N-dealkylation sites (tertiary alicyclic amines) is 1. The van der Waals surface area contributed by atoms with E-state index >= 15 is 0 Å². The summed E-state index contributed by atoms with van der Waals surface area (Å²) in [5, 5.41) is 0. The molecule has 1 saturated heterocycles. The third kappa shape index (κ3) is 5.23. The molecular formula is C20H31NO3. The minimum atomic E-state index is -0.227. The molecule has 134 valence electrons. The third-order valence-corrected chi connectivity index (χ3v) is 4.35. The number of carbonyl (C=O) groups is 1. The van der Waals surface area contributed by atoms with Crippen LogP contribution in [0.5, 0.6) is 5.75 Å². The van der Waals surface area contributed by atoms with Crippen LogP contribution in [0, 0.1) is 19.8 Å². The normalized spacial score (nSPS) is 16.4. The number of hydrogen-bond acceptors (Lipinski definition) is 4. The molecule has 0 radical (unpaired) electrons. The molecule has 2 rings (SSSR count). The molecule has 1 unspecified atom stereocenters. The first-order valence-electron chi connectivity index (χ1n) is 9.04. The summed E-state index contributed by atoms with van der Waals surface area (Å²) in [6, 6.07) is 3.83. The van der Waals surface area contributed by atoms with Crippen LogP contribution in [0.4, 0.5) is 0 Å². The Morgan fingerprint density at radius 3 is 2.25 bits per heavy atom. The highest BCUT2D eigenvalue weighted by molar-refractivity contribution is 5.93. The van der Waals surface area contributed by atoms with Crippen molar-refractivity contribution < 1.29 is 14.3 Å². The van der Waals surface area contributed by atoms with Crippen LogP contribution in [-0.4, -0.2) is 43.2 Å². The van der Waals surface area contributed by atoms with E-state index in [4.69, 9.17) is 9.47 Å². The Kier molecular flexibility index (Phi) is 6.67. The van der Waals surface area contributed by atoms with E-state index < -0.39 is 0 Å². The molecule has 1 aromatic rings. The molecule has 1 heterocycles. The number of nitrogens with zero attached hydrogens (tertiary/aromatic N) is 1. The molecule has 1 fully saturated rings. The monoisotopic (exact) mass is 333 g/mol. The Morgan fingerprint density at radius 2 is 1.71 bits per heavy atom. The van der Waals surface area contributed by atoms with Gasteiger partial charge in [0, 0.05) is 12.5 Å². The summed E-state index contributed by atoms with van der Waals surface area (Å²) in [7, 11) is 0. The summed E-state index contributed by atoms with van der Waals surface area (Å²) in [4.78, 5) is 14.9. The Balaban J connectivity index is 1.93. The topological polar surface area (TPSA) is 38.8 Å². The van der Waals surface area contributed by atoms with Gasteiger partial charge in [-0.3, -0.25) is 0 Å². The fourth-order valence-electron chi connectivity index (χ4n) is 3.33. The average molecular weight is 333 g/mol. The Hall–Kier alpha value is -1.55. The zero-order chi connectivity index (χ0) is 17.7. The molecule has 1 aromatic carbocycles. The Bertz CT molecular complexity index is 539. The number of esters is 1. The van der Waals surface area contributed by atoms with E-state index in [-0.39, 0.29) is 12.1 Å². The molecule has 0 N–H and O–H groups in total. The van der Waals surface area contributed by atoms with Gasteiger partial charge >= 0.3 is 5.97 Å². The van der Waals surface area contributed by atoms with E-state index in [1.807, 2.05) is 39.8 Å². The van der Waals surface area contributed by atoms with Crippen LogP contribution < -0.4 is 4.74 Å². The van der Waals surface area contributed by atoms with E-state index in [1.165, 1.54) is 25.9 Å². The van der Waals surface area contributed by atoms with Crippen molar-refractivity contribution in [3.8, 4) is 5.75 Å². The van der Waals surface area contributed by atoms with Crippen molar-refractivity contribution in [2.75, 3.05) is 26.2 Å². The van der Waals surface area contributed by atoms with Crippen molar-refractivity contribution in [1.82, 2.24) is 4.90 Å². The van der Waals surface area contributed by atoms with Gasteiger partial charge in [0.05, 0.1) is 18.3 Å². The second-order valence-corrected chi connectivity index (χ2v) is 7.31. The van der Waals surface area contributed by atoms with Gasteiger partial charge in [0.1, 0.15) is 5.75 Å². The Labute approximate surface area is 146 Å².